The van der Waals surface area contributed by atoms with E-state index < -0.39 is 0 Å². The van der Waals surface area contributed by atoms with Gasteiger partial charge in [0.2, 0.25) is 5.82 Å². The summed E-state index contributed by atoms with van der Waals surface area (Å²) in [5.74, 6) is 1.28. The topological polar surface area (TPSA) is 86.8 Å². The van der Waals surface area contributed by atoms with E-state index in [2.05, 4.69) is 37.6 Å². The first kappa shape index (κ1) is 19.1. The second-order valence-electron chi connectivity index (χ2n) is 7.54. The molecule has 7 nitrogen and oxygen atoms in total. The highest BCUT2D eigenvalue weighted by molar-refractivity contribution is 5.91. The van der Waals surface area contributed by atoms with Crippen molar-refractivity contribution in [3.63, 3.8) is 0 Å². The SMILES string of the molecule is Cc1nc(C(=O)N2CC[C@H](c3ccccc3)C2)nc(NCCc2cn[nH]c2)c1C. The summed E-state index contributed by atoms with van der Waals surface area (Å²) in [6, 6.07) is 10.4. The summed E-state index contributed by atoms with van der Waals surface area (Å²) in [5, 5.41) is 10.1. The van der Waals surface area contributed by atoms with Crippen LogP contribution in [0.5, 0.6) is 0 Å². The molecule has 1 fully saturated rings. The predicted octanol–water partition coefficient (Wildman–Crippen LogP) is 3.10. The van der Waals surface area contributed by atoms with Crippen molar-refractivity contribution in [2.24, 2.45) is 0 Å². The Labute approximate surface area is 170 Å². The molecule has 0 saturated carbocycles. The molecule has 2 aromatic heterocycles. The molecule has 3 heterocycles. The molecule has 3 aromatic rings. The zero-order valence-corrected chi connectivity index (χ0v) is 16.9. The van der Waals surface area contributed by atoms with Crippen LogP contribution in [0, 0.1) is 13.8 Å². The van der Waals surface area contributed by atoms with Gasteiger partial charge in [-0.2, -0.15) is 5.10 Å². The van der Waals surface area contributed by atoms with Gasteiger partial charge < -0.3 is 10.2 Å². The molecule has 1 amide bonds. The highest BCUT2D eigenvalue weighted by Gasteiger charge is 2.29. The molecule has 0 bridgehead atoms. The molecule has 2 N–H and O–H groups in total. The summed E-state index contributed by atoms with van der Waals surface area (Å²) in [6.07, 6.45) is 5.49. The Hall–Kier alpha value is -3.22. The largest absolute Gasteiger partial charge is 0.369 e. The molecule has 0 radical (unpaired) electrons. The smallest absolute Gasteiger partial charge is 0.291 e. The number of aryl methyl sites for hydroxylation is 1. The maximum Gasteiger partial charge on any atom is 0.291 e. The molecule has 0 unspecified atom stereocenters. The van der Waals surface area contributed by atoms with Crippen LogP contribution in [0.15, 0.2) is 42.7 Å². The fourth-order valence-electron chi connectivity index (χ4n) is 3.72. The molecule has 1 aromatic carbocycles. The van der Waals surface area contributed by atoms with E-state index in [1.54, 1.807) is 0 Å². The number of benzene rings is 1. The molecule has 29 heavy (non-hydrogen) atoms. The van der Waals surface area contributed by atoms with E-state index in [1.165, 1.54) is 5.56 Å². The maximum absolute atomic E-state index is 13.1. The van der Waals surface area contributed by atoms with Crippen molar-refractivity contribution < 1.29 is 4.79 Å². The van der Waals surface area contributed by atoms with Crippen LogP contribution in [0.4, 0.5) is 5.82 Å². The van der Waals surface area contributed by atoms with Crippen molar-refractivity contribution >= 4 is 11.7 Å². The summed E-state index contributed by atoms with van der Waals surface area (Å²) in [4.78, 5) is 24.0. The van der Waals surface area contributed by atoms with Gasteiger partial charge in [-0.15, -0.1) is 0 Å². The van der Waals surface area contributed by atoms with Crippen LogP contribution in [0.1, 0.15) is 45.3 Å². The summed E-state index contributed by atoms with van der Waals surface area (Å²) in [6.45, 7) is 6.06. The van der Waals surface area contributed by atoms with Crippen LogP contribution in [-0.2, 0) is 6.42 Å². The van der Waals surface area contributed by atoms with Gasteiger partial charge in [-0.1, -0.05) is 30.3 Å². The third-order valence-electron chi connectivity index (χ3n) is 5.59. The number of hydrogen-bond donors (Lipinski definition) is 2. The number of aromatic nitrogens is 4. The number of carbonyl (C=O) groups excluding carboxylic acids is 1. The van der Waals surface area contributed by atoms with Gasteiger partial charge in [0.1, 0.15) is 5.82 Å². The lowest BCUT2D eigenvalue weighted by molar-refractivity contribution is 0.0778. The van der Waals surface area contributed by atoms with E-state index in [0.717, 1.165) is 42.0 Å². The first-order chi connectivity index (χ1) is 14.1. The number of hydrogen-bond acceptors (Lipinski definition) is 5. The number of nitrogens with one attached hydrogen (secondary N) is 2. The number of aromatic amines is 1. The van der Waals surface area contributed by atoms with Crippen LogP contribution in [0.3, 0.4) is 0 Å². The van der Waals surface area contributed by atoms with E-state index in [9.17, 15) is 4.79 Å². The van der Waals surface area contributed by atoms with E-state index in [1.807, 2.05) is 49.3 Å². The average Bonchev–Trinajstić information content (AvgIpc) is 3.43. The number of rotatable bonds is 6. The number of carbonyl (C=O) groups is 1. The minimum atomic E-state index is -0.0931. The fourth-order valence-corrected chi connectivity index (χ4v) is 3.72. The molecule has 1 aliphatic rings. The number of anilines is 1. The Bertz CT molecular complexity index is 970. The highest BCUT2D eigenvalue weighted by atomic mass is 16.2. The van der Waals surface area contributed by atoms with E-state index >= 15 is 0 Å². The van der Waals surface area contributed by atoms with E-state index in [4.69, 9.17) is 0 Å². The second-order valence-corrected chi connectivity index (χ2v) is 7.54. The highest BCUT2D eigenvalue weighted by Crippen LogP contribution is 2.28. The zero-order valence-electron chi connectivity index (χ0n) is 16.9. The molecule has 1 atom stereocenters. The molecule has 1 saturated heterocycles. The van der Waals surface area contributed by atoms with Crippen molar-refractivity contribution in [2.75, 3.05) is 25.0 Å². The number of amides is 1. The number of nitrogens with zero attached hydrogens (tertiary/aromatic N) is 4. The Kier molecular flexibility index (Phi) is 5.55. The van der Waals surface area contributed by atoms with Crippen molar-refractivity contribution in [3.05, 3.63) is 70.9 Å². The quantitative estimate of drug-likeness (QED) is 0.675. The average molecular weight is 390 g/mol. The Morgan fingerprint density at radius 3 is 2.83 bits per heavy atom. The predicted molar refractivity (Wildman–Crippen MR) is 112 cm³/mol. The van der Waals surface area contributed by atoms with Crippen molar-refractivity contribution in [1.82, 2.24) is 25.1 Å². The van der Waals surface area contributed by atoms with Gasteiger partial charge in [-0.3, -0.25) is 9.89 Å². The summed E-state index contributed by atoms with van der Waals surface area (Å²) in [5.41, 5.74) is 4.21. The summed E-state index contributed by atoms with van der Waals surface area (Å²) < 4.78 is 0. The zero-order chi connectivity index (χ0) is 20.2. The van der Waals surface area contributed by atoms with Gasteiger partial charge in [-0.05, 0) is 37.8 Å². The van der Waals surface area contributed by atoms with Crippen molar-refractivity contribution in [1.29, 1.82) is 0 Å². The monoisotopic (exact) mass is 390 g/mol. The van der Waals surface area contributed by atoms with Gasteiger partial charge >= 0.3 is 0 Å². The van der Waals surface area contributed by atoms with E-state index in [-0.39, 0.29) is 11.7 Å². The Morgan fingerprint density at radius 2 is 2.07 bits per heavy atom. The van der Waals surface area contributed by atoms with Crippen molar-refractivity contribution in [2.45, 2.75) is 32.6 Å². The van der Waals surface area contributed by atoms with Crippen LogP contribution in [-0.4, -0.2) is 50.6 Å². The van der Waals surface area contributed by atoms with Crippen molar-refractivity contribution in [3.8, 4) is 0 Å². The Balaban J connectivity index is 1.45. The van der Waals surface area contributed by atoms with Crippen LogP contribution in [0.25, 0.3) is 0 Å². The maximum atomic E-state index is 13.1. The summed E-state index contributed by atoms with van der Waals surface area (Å²) in [7, 11) is 0. The van der Waals surface area contributed by atoms with Gasteiger partial charge in [0, 0.05) is 43.0 Å². The standard InChI is InChI=1S/C22H26N6O/c1-15-16(2)26-21(27-20(15)23-10-8-17-12-24-25-13-17)22(29)28-11-9-19(14-28)18-6-4-3-5-7-18/h3-7,12-13,19H,8-11,14H2,1-2H3,(H,24,25)(H,23,26,27)/t19-/m0/s1. The molecule has 4 rings (SSSR count). The lowest BCUT2D eigenvalue weighted by Gasteiger charge is -2.18. The molecular formula is C22H26N6O. The molecular weight excluding hydrogens is 364 g/mol. The molecule has 0 spiro atoms. The number of H-pyrrole nitrogens is 1. The first-order valence-electron chi connectivity index (χ1n) is 10.0. The third-order valence-corrected chi connectivity index (χ3v) is 5.59. The lowest BCUT2D eigenvalue weighted by Crippen LogP contribution is -2.30. The van der Waals surface area contributed by atoms with Gasteiger partial charge in [0.05, 0.1) is 6.20 Å². The summed E-state index contributed by atoms with van der Waals surface area (Å²) >= 11 is 0. The molecule has 1 aliphatic heterocycles. The third kappa shape index (κ3) is 4.29. The number of likely N-dealkylation sites (tertiary alicyclic amines) is 1. The second kappa shape index (κ2) is 8.43. The van der Waals surface area contributed by atoms with Gasteiger partial charge in [-0.25, -0.2) is 9.97 Å². The van der Waals surface area contributed by atoms with Crippen LogP contribution < -0.4 is 5.32 Å². The normalized spacial score (nSPS) is 16.2. The molecule has 0 aliphatic carbocycles. The molecule has 7 heteroatoms. The van der Waals surface area contributed by atoms with E-state index in [0.29, 0.717) is 19.0 Å². The Morgan fingerprint density at radius 1 is 1.24 bits per heavy atom. The minimum absolute atomic E-state index is 0.0931. The minimum Gasteiger partial charge on any atom is -0.369 e. The lowest BCUT2D eigenvalue weighted by atomic mass is 9.99. The van der Waals surface area contributed by atoms with Crippen LogP contribution in [0.2, 0.25) is 0 Å². The van der Waals surface area contributed by atoms with Gasteiger partial charge in [0.25, 0.3) is 5.91 Å². The first-order valence-corrected chi connectivity index (χ1v) is 10.0. The van der Waals surface area contributed by atoms with Crippen LogP contribution >= 0.6 is 0 Å². The van der Waals surface area contributed by atoms with Gasteiger partial charge in [0.15, 0.2) is 0 Å². The fraction of sp³-hybridized carbons (Fsp3) is 0.364. The molecule has 150 valence electrons.